The number of aromatic hydroxyl groups is 1. The third-order valence-corrected chi connectivity index (χ3v) is 1.76. The van der Waals surface area contributed by atoms with Gasteiger partial charge in [0.05, 0.1) is 19.1 Å². The SMILES string of the molecule is COC(=O)Cc1ccc(C#N)c(O)c1. The molecule has 0 radical (unpaired) electrons. The lowest BCUT2D eigenvalue weighted by molar-refractivity contribution is -0.139. The summed E-state index contributed by atoms with van der Waals surface area (Å²) in [4.78, 5) is 10.9. The first-order valence-corrected chi connectivity index (χ1v) is 3.96. The van der Waals surface area contributed by atoms with Crippen molar-refractivity contribution in [1.82, 2.24) is 0 Å². The van der Waals surface area contributed by atoms with Crippen molar-refractivity contribution in [3.8, 4) is 11.8 Å². The lowest BCUT2D eigenvalue weighted by Gasteiger charge is -2.01. The van der Waals surface area contributed by atoms with Crippen molar-refractivity contribution >= 4 is 5.97 Å². The highest BCUT2D eigenvalue weighted by molar-refractivity contribution is 5.72. The van der Waals surface area contributed by atoms with Gasteiger partial charge in [-0.2, -0.15) is 5.26 Å². The summed E-state index contributed by atoms with van der Waals surface area (Å²) >= 11 is 0. The molecule has 4 heteroatoms. The van der Waals surface area contributed by atoms with Crippen LogP contribution < -0.4 is 0 Å². The number of benzene rings is 1. The van der Waals surface area contributed by atoms with Crippen molar-refractivity contribution in [3.05, 3.63) is 29.3 Å². The zero-order valence-electron chi connectivity index (χ0n) is 7.65. The van der Waals surface area contributed by atoms with Crippen molar-refractivity contribution in [2.24, 2.45) is 0 Å². The normalized spacial score (nSPS) is 9.14. The van der Waals surface area contributed by atoms with Crippen LogP contribution in [0, 0.1) is 11.3 Å². The van der Waals surface area contributed by atoms with Crippen molar-refractivity contribution in [2.75, 3.05) is 7.11 Å². The Morgan fingerprint density at radius 2 is 2.36 bits per heavy atom. The third kappa shape index (κ3) is 2.23. The van der Waals surface area contributed by atoms with E-state index in [4.69, 9.17) is 5.26 Å². The molecule has 1 aromatic rings. The number of esters is 1. The monoisotopic (exact) mass is 191 g/mol. The first-order valence-electron chi connectivity index (χ1n) is 3.96. The fraction of sp³-hybridized carbons (Fsp3) is 0.200. The highest BCUT2D eigenvalue weighted by Crippen LogP contribution is 2.18. The van der Waals surface area contributed by atoms with Gasteiger partial charge in [-0.3, -0.25) is 4.79 Å². The molecule has 0 fully saturated rings. The second-order valence-electron chi connectivity index (χ2n) is 2.72. The van der Waals surface area contributed by atoms with Gasteiger partial charge in [-0.15, -0.1) is 0 Å². The van der Waals surface area contributed by atoms with Gasteiger partial charge in [-0.1, -0.05) is 6.07 Å². The molecule has 0 unspecified atom stereocenters. The van der Waals surface area contributed by atoms with Crippen molar-refractivity contribution in [3.63, 3.8) is 0 Å². The quantitative estimate of drug-likeness (QED) is 0.707. The van der Waals surface area contributed by atoms with Gasteiger partial charge in [0.15, 0.2) is 0 Å². The van der Waals surface area contributed by atoms with Crippen LogP contribution in [0.15, 0.2) is 18.2 Å². The number of phenolic OH excluding ortho intramolecular Hbond substituents is 1. The van der Waals surface area contributed by atoms with Crippen LogP contribution in [0.3, 0.4) is 0 Å². The van der Waals surface area contributed by atoms with Crippen LogP contribution in [-0.2, 0) is 16.0 Å². The minimum absolute atomic E-state index is 0.0930. The average molecular weight is 191 g/mol. The lowest BCUT2D eigenvalue weighted by atomic mass is 10.1. The Morgan fingerprint density at radius 3 is 2.86 bits per heavy atom. The summed E-state index contributed by atoms with van der Waals surface area (Å²) in [6, 6.07) is 6.28. The van der Waals surface area contributed by atoms with Crippen LogP contribution in [0.25, 0.3) is 0 Å². The van der Waals surface area contributed by atoms with Crippen LogP contribution >= 0.6 is 0 Å². The van der Waals surface area contributed by atoms with E-state index in [2.05, 4.69) is 4.74 Å². The van der Waals surface area contributed by atoms with E-state index in [1.54, 1.807) is 6.07 Å². The number of phenols is 1. The second-order valence-corrected chi connectivity index (χ2v) is 2.72. The molecule has 0 aliphatic heterocycles. The summed E-state index contributed by atoms with van der Waals surface area (Å²) in [6.07, 6.45) is 0.0930. The maximum absolute atomic E-state index is 10.9. The van der Waals surface area contributed by atoms with E-state index in [0.29, 0.717) is 5.56 Å². The van der Waals surface area contributed by atoms with Crippen molar-refractivity contribution < 1.29 is 14.6 Å². The van der Waals surface area contributed by atoms with Crippen molar-refractivity contribution in [2.45, 2.75) is 6.42 Å². The fourth-order valence-corrected chi connectivity index (χ4v) is 1.02. The maximum Gasteiger partial charge on any atom is 0.309 e. The Balaban J connectivity index is 2.88. The van der Waals surface area contributed by atoms with Crippen LogP contribution in [-0.4, -0.2) is 18.2 Å². The standard InChI is InChI=1S/C10H9NO3/c1-14-10(13)5-7-2-3-8(6-11)9(12)4-7/h2-4,12H,5H2,1H3. The zero-order chi connectivity index (χ0) is 10.6. The largest absolute Gasteiger partial charge is 0.507 e. The van der Waals surface area contributed by atoms with E-state index < -0.39 is 0 Å². The number of ether oxygens (including phenoxy) is 1. The van der Waals surface area contributed by atoms with Gasteiger partial charge >= 0.3 is 5.97 Å². The van der Waals surface area contributed by atoms with Crippen molar-refractivity contribution in [1.29, 1.82) is 5.26 Å². The van der Waals surface area contributed by atoms with Gasteiger partial charge in [-0.05, 0) is 17.7 Å². The number of rotatable bonds is 2. The molecule has 1 aromatic carbocycles. The van der Waals surface area contributed by atoms with Gasteiger partial charge in [0.1, 0.15) is 11.8 Å². The molecule has 0 saturated heterocycles. The molecule has 72 valence electrons. The number of nitriles is 1. The molecule has 4 nitrogen and oxygen atoms in total. The Hall–Kier alpha value is -2.02. The molecular weight excluding hydrogens is 182 g/mol. The summed E-state index contributed by atoms with van der Waals surface area (Å²) in [5.41, 5.74) is 0.812. The van der Waals surface area contributed by atoms with E-state index in [1.807, 2.05) is 6.07 Å². The van der Waals surface area contributed by atoms with Gasteiger partial charge in [0.2, 0.25) is 0 Å². The number of carbonyl (C=O) groups is 1. The lowest BCUT2D eigenvalue weighted by Crippen LogP contribution is -2.04. The molecule has 0 bridgehead atoms. The highest BCUT2D eigenvalue weighted by atomic mass is 16.5. The topological polar surface area (TPSA) is 70.3 Å². The zero-order valence-corrected chi connectivity index (χ0v) is 7.65. The van der Waals surface area contributed by atoms with Crippen LogP contribution in [0.5, 0.6) is 5.75 Å². The van der Waals surface area contributed by atoms with Gasteiger partial charge in [-0.25, -0.2) is 0 Å². The fourth-order valence-electron chi connectivity index (χ4n) is 1.02. The van der Waals surface area contributed by atoms with E-state index >= 15 is 0 Å². The minimum Gasteiger partial charge on any atom is -0.507 e. The van der Waals surface area contributed by atoms with Gasteiger partial charge < -0.3 is 9.84 Å². The van der Waals surface area contributed by atoms with E-state index in [0.717, 1.165) is 0 Å². The van der Waals surface area contributed by atoms with E-state index in [-0.39, 0.29) is 23.7 Å². The summed E-state index contributed by atoms with van der Waals surface area (Å²) < 4.78 is 4.46. The van der Waals surface area contributed by atoms with E-state index in [1.165, 1.54) is 19.2 Å². The Kier molecular flexibility index (Phi) is 3.08. The molecule has 0 atom stereocenters. The molecule has 0 amide bonds. The predicted molar refractivity (Wildman–Crippen MR) is 48.5 cm³/mol. The smallest absolute Gasteiger partial charge is 0.309 e. The summed E-state index contributed by atoms with van der Waals surface area (Å²) in [7, 11) is 1.30. The highest BCUT2D eigenvalue weighted by Gasteiger charge is 2.05. The molecular formula is C10H9NO3. The molecule has 0 aliphatic carbocycles. The van der Waals surface area contributed by atoms with Crippen LogP contribution in [0.1, 0.15) is 11.1 Å². The number of methoxy groups -OCH3 is 1. The van der Waals surface area contributed by atoms with Gasteiger partial charge in [0, 0.05) is 0 Å². The Morgan fingerprint density at radius 1 is 1.64 bits per heavy atom. The second kappa shape index (κ2) is 4.28. The number of hydrogen-bond donors (Lipinski definition) is 1. The Bertz CT molecular complexity index is 393. The molecule has 0 aliphatic rings. The Labute approximate surface area is 81.4 Å². The summed E-state index contributed by atoms with van der Waals surface area (Å²) in [5, 5.41) is 17.8. The molecule has 0 aromatic heterocycles. The molecule has 0 saturated carbocycles. The summed E-state index contributed by atoms with van der Waals surface area (Å²) in [5.74, 6) is -0.497. The molecule has 1 N–H and O–H groups in total. The van der Waals surface area contributed by atoms with Crippen LogP contribution in [0.2, 0.25) is 0 Å². The average Bonchev–Trinajstić information content (AvgIpc) is 2.18. The van der Waals surface area contributed by atoms with Crippen LogP contribution in [0.4, 0.5) is 0 Å². The molecule has 0 spiro atoms. The minimum atomic E-state index is -0.380. The maximum atomic E-state index is 10.9. The summed E-state index contributed by atoms with van der Waals surface area (Å²) in [6.45, 7) is 0. The third-order valence-electron chi connectivity index (χ3n) is 1.76. The number of nitrogens with zero attached hydrogens (tertiary/aromatic N) is 1. The molecule has 0 heterocycles. The molecule has 1 rings (SSSR count). The first-order chi connectivity index (χ1) is 6.67. The number of hydrogen-bond acceptors (Lipinski definition) is 4. The number of carbonyl (C=O) groups excluding carboxylic acids is 1. The predicted octanol–water partition coefficient (Wildman–Crippen LogP) is 0.979. The van der Waals surface area contributed by atoms with E-state index in [9.17, 15) is 9.90 Å². The molecule has 14 heavy (non-hydrogen) atoms. The van der Waals surface area contributed by atoms with Gasteiger partial charge in [0.25, 0.3) is 0 Å². The first kappa shape index (κ1) is 10.1.